The first-order valence-corrected chi connectivity index (χ1v) is 2.75. The van der Waals surface area contributed by atoms with Gasteiger partial charge in [0.1, 0.15) is 0 Å². The summed E-state index contributed by atoms with van der Waals surface area (Å²) in [4.78, 5) is 10.2. The lowest BCUT2D eigenvalue weighted by molar-refractivity contribution is -0.127. The average molecular weight is 111 g/mol. The van der Waals surface area contributed by atoms with Gasteiger partial charge in [0.2, 0.25) is 5.91 Å². The molecular formula is C6H9NO. The maximum absolute atomic E-state index is 10.2. The van der Waals surface area contributed by atoms with E-state index in [4.69, 9.17) is 0 Å². The Morgan fingerprint density at radius 3 is 2.88 bits per heavy atom. The van der Waals surface area contributed by atoms with Gasteiger partial charge in [-0.25, -0.2) is 0 Å². The molecule has 0 aromatic rings. The summed E-state index contributed by atoms with van der Waals surface area (Å²) in [5.74, 6) is 0.160. The maximum Gasteiger partial charge on any atom is 0.222 e. The van der Waals surface area contributed by atoms with Gasteiger partial charge in [-0.05, 0) is 6.92 Å². The average Bonchev–Trinajstić information content (AvgIpc) is 1.64. The van der Waals surface area contributed by atoms with Crippen LogP contribution in [0.15, 0.2) is 12.2 Å². The van der Waals surface area contributed by atoms with Crippen molar-refractivity contribution in [2.24, 2.45) is 0 Å². The number of amides is 1. The highest BCUT2D eigenvalue weighted by molar-refractivity contribution is 5.83. The van der Waals surface area contributed by atoms with Gasteiger partial charge in [0.05, 0.1) is 12.5 Å². The molecule has 1 heterocycles. The van der Waals surface area contributed by atoms with E-state index in [2.05, 4.69) is 5.32 Å². The third-order valence-corrected chi connectivity index (χ3v) is 1.18. The predicted molar refractivity (Wildman–Crippen MR) is 31.4 cm³/mol. The molecule has 1 rings (SSSR count). The van der Waals surface area contributed by atoms with E-state index in [-0.39, 0.29) is 5.91 Å². The molecule has 1 amide bonds. The molecule has 2 heteroatoms. The fraction of sp³-hybridized carbons (Fsp3) is 0.500. The Morgan fingerprint density at radius 2 is 2.50 bits per heavy atom. The minimum absolute atomic E-state index is 0.160. The third-order valence-electron chi connectivity index (χ3n) is 1.18. The fourth-order valence-corrected chi connectivity index (χ4v) is 0.734. The zero-order valence-electron chi connectivity index (χ0n) is 4.85. The zero-order valence-corrected chi connectivity index (χ0v) is 4.85. The van der Waals surface area contributed by atoms with Crippen LogP contribution in [0.25, 0.3) is 0 Å². The summed E-state index contributed by atoms with van der Waals surface area (Å²) >= 11 is 0. The first-order chi connectivity index (χ1) is 3.83. The van der Waals surface area contributed by atoms with Gasteiger partial charge in [-0.3, -0.25) is 4.79 Å². The molecule has 44 valence electrons. The molecule has 0 saturated carbocycles. The summed E-state index contributed by atoms with van der Waals surface area (Å²) in [6.45, 7) is 1.95. The molecule has 1 N–H and O–H groups in total. The minimum atomic E-state index is 0.160. The first kappa shape index (κ1) is 5.35. The highest BCUT2D eigenvalue weighted by atomic mass is 16.2. The van der Waals surface area contributed by atoms with Crippen molar-refractivity contribution in [2.75, 3.05) is 0 Å². The first-order valence-electron chi connectivity index (χ1n) is 2.75. The van der Waals surface area contributed by atoms with Crippen LogP contribution >= 0.6 is 0 Å². The van der Waals surface area contributed by atoms with Crippen LogP contribution in [0.3, 0.4) is 0 Å². The zero-order chi connectivity index (χ0) is 5.98. The van der Waals surface area contributed by atoms with Crippen molar-refractivity contribution in [1.82, 2.24) is 5.32 Å². The highest BCUT2D eigenvalue weighted by Crippen LogP contribution is 2.03. The van der Waals surface area contributed by atoms with E-state index in [0.29, 0.717) is 12.5 Å². The molecule has 0 radical (unpaired) electrons. The number of rotatable bonds is 1. The van der Waals surface area contributed by atoms with Gasteiger partial charge in [-0.15, -0.1) is 0 Å². The van der Waals surface area contributed by atoms with Gasteiger partial charge < -0.3 is 5.32 Å². The van der Waals surface area contributed by atoms with E-state index >= 15 is 0 Å². The maximum atomic E-state index is 10.2. The Balaban J connectivity index is 2.25. The SMILES string of the molecule is C/C=C/C1CC(=O)N1. The standard InChI is InChI=1S/C6H9NO/c1-2-3-5-4-6(8)7-5/h2-3,5H,4H2,1H3,(H,7,8)/b3-2+. The Labute approximate surface area is 48.6 Å². The Kier molecular flexibility index (Phi) is 1.33. The van der Waals surface area contributed by atoms with E-state index in [1.165, 1.54) is 0 Å². The molecule has 0 aromatic heterocycles. The van der Waals surface area contributed by atoms with Crippen molar-refractivity contribution < 1.29 is 4.79 Å². The lowest BCUT2D eigenvalue weighted by atomic mass is 10.1. The third kappa shape index (κ3) is 0.886. The number of hydrogen-bond acceptors (Lipinski definition) is 1. The van der Waals surface area contributed by atoms with Gasteiger partial charge >= 0.3 is 0 Å². The second-order valence-electron chi connectivity index (χ2n) is 1.90. The molecule has 0 aromatic carbocycles. The smallest absolute Gasteiger partial charge is 0.222 e. The number of hydrogen-bond donors (Lipinski definition) is 1. The summed E-state index contributed by atoms with van der Waals surface area (Å²) in [6.07, 6.45) is 4.61. The minimum Gasteiger partial charge on any atom is -0.349 e. The molecule has 2 nitrogen and oxygen atoms in total. The van der Waals surface area contributed by atoms with Crippen molar-refractivity contribution in [2.45, 2.75) is 19.4 Å². The summed E-state index contributed by atoms with van der Waals surface area (Å²) in [5, 5.41) is 2.72. The number of β-lactam (4-membered cyclic amide) rings is 1. The van der Waals surface area contributed by atoms with Gasteiger partial charge in [0.25, 0.3) is 0 Å². The molecule has 1 aliphatic heterocycles. The number of carbonyl (C=O) groups is 1. The second kappa shape index (κ2) is 1.99. The van der Waals surface area contributed by atoms with Crippen LogP contribution in [0.1, 0.15) is 13.3 Å². The number of nitrogens with one attached hydrogen (secondary N) is 1. The van der Waals surface area contributed by atoms with E-state index in [1.54, 1.807) is 0 Å². The van der Waals surface area contributed by atoms with Crippen LogP contribution in [-0.4, -0.2) is 11.9 Å². The van der Waals surface area contributed by atoms with Crippen molar-refractivity contribution in [3.8, 4) is 0 Å². The molecule has 8 heavy (non-hydrogen) atoms. The molecule has 0 bridgehead atoms. The quantitative estimate of drug-likeness (QED) is 0.386. The molecule has 1 aliphatic rings. The number of allylic oxidation sites excluding steroid dienone is 1. The fourth-order valence-electron chi connectivity index (χ4n) is 0.734. The number of carbonyl (C=O) groups excluding carboxylic acids is 1. The van der Waals surface area contributed by atoms with Gasteiger partial charge in [-0.1, -0.05) is 12.2 Å². The van der Waals surface area contributed by atoms with Gasteiger partial charge in [0, 0.05) is 0 Å². The normalized spacial score (nSPS) is 27.6. The molecule has 0 aliphatic carbocycles. The monoisotopic (exact) mass is 111 g/mol. The Bertz CT molecular complexity index is 120. The predicted octanol–water partition coefficient (Wildman–Crippen LogP) is 0.451. The van der Waals surface area contributed by atoms with Gasteiger partial charge in [0.15, 0.2) is 0 Å². The molecule has 0 spiro atoms. The summed E-state index contributed by atoms with van der Waals surface area (Å²) in [5.41, 5.74) is 0. The van der Waals surface area contributed by atoms with Crippen molar-refractivity contribution in [3.63, 3.8) is 0 Å². The molecule has 1 unspecified atom stereocenters. The second-order valence-corrected chi connectivity index (χ2v) is 1.90. The largest absolute Gasteiger partial charge is 0.349 e. The molecule has 1 atom stereocenters. The summed E-state index contributed by atoms with van der Waals surface area (Å²) in [7, 11) is 0. The van der Waals surface area contributed by atoms with Crippen LogP contribution in [0.5, 0.6) is 0 Å². The summed E-state index contributed by atoms with van der Waals surface area (Å²) in [6, 6.07) is 0.326. The topological polar surface area (TPSA) is 29.1 Å². The van der Waals surface area contributed by atoms with Crippen LogP contribution in [0, 0.1) is 0 Å². The lowest BCUT2D eigenvalue weighted by Crippen LogP contribution is -2.46. The van der Waals surface area contributed by atoms with Crippen molar-refractivity contribution >= 4 is 5.91 Å². The molecular weight excluding hydrogens is 102 g/mol. The van der Waals surface area contributed by atoms with E-state index in [1.807, 2.05) is 19.1 Å². The highest BCUT2D eigenvalue weighted by Gasteiger charge is 2.21. The van der Waals surface area contributed by atoms with Crippen molar-refractivity contribution in [1.29, 1.82) is 0 Å². The van der Waals surface area contributed by atoms with E-state index in [9.17, 15) is 4.79 Å². The van der Waals surface area contributed by atoms with E-state index in [0.717, 1.165) is 0 Å². The van der Waals surface area contributed by atoms with Crippen molar-refractivity contribution in [3.05, 3.63) is 12.2 Å². The van der Waals surface area contributed by atoms with E-state index < -0.39 is 0 Å². The Hall–Kier alpha value is -0.790. The lowest BCUT2D eigenvalue weighted by Gasteiger charge is -2.23. The summed E-state index contributed by atoms with van der Waals surface area (Å²) < 4.78 is 0. The van der Waals surface area contributed by atoms with Crippen LogP contribution in [0.2, 0.25) is 0 Å². The van der Waals surface area contributed by atoms with Crippen LogP contribution < -0.4 is 5.32 Å². The van der Waals surface area contributed by atoms with Crippen LogP contribution in [-0.2, 0) is 4.79 Å². The Morgan fingerprint density at radius 1 is 1.88 bits per heavy atom. The van der Waals surface area contributed by atoms with Crippen LogP contribution in [0.4, 0.5) is 0 Å². The van der Waals surface area contributed by atoms with Gasteiger partial charge in [-0.2, -0.15) is 0 Å². The molecule has 1 saturated heterocycles. The molecule has 1 fully saturated rings.